The van der Waals surface area contributed by atoms with Crippen molar-refractivity contribution in [3.63, 3.8) is 0 Å². The highest BCUT2D eigenvalue weighted by atomic mass is 16.2. The highest BCUT2D eigenvalue weighted by Crippen LogP contribution is 2.26. The number of imide groups is 1. The van der Waals surface area contributed by atoms with Crippen LogP contribution in [0.3, 0.4) is 0 Å². The van der Waals surface area contributed by atoms with Crippen molar-refractivity contribution in [1.82, 2.24) is 15.1 Å². The summed E-state index contributed by atoms with van der Waals surface area (Å²) in [6, 6.07) is 14.1. The molecule has 0 bridgehead atoms. The first-order chi connectivity index (χ1) is 13.7. The van der Waals surface area contributed by atoms with Crippen LogP contribution in [0.15, 0.2) is 48.5 Å². The van der Waals surface area contributed by atoms with Gasteiger partial charge in [-0.3, -0.25) is 19.3 Å². The van der Waals surface area contributed by atoms with Crippen LogP contribution in [-0.4, -0.2) is 54.7 Å². The summed E-state index contributed by atoms with van der Waals surface area (Å²) in [5.74, 6) is -0.939. The third-order valence-electron chi connectivity index (χ3n) is 4.89. The summed E-state index contributed by atoms with van der Waals surface area (Å²) in [7, 11) is 3.99. The molecule has 1 heterocycles. The normalized spacial score (nSPS) is 13.8. The van der Waals surface area contributed by atoms with Gasteiger partial charge in [-0.25, -0.2) is 0 Å². The zero-order valence-electron chi connectivity index (χ0n) is 17.4. The van der Waals surface area contributed by atoms with Gasteiger partial charge in [0.15, 0.2) is 0 Å². The summed E-state index contributed by atoms with van der Waals surface area (Å²) in [5.41, 5.74) is 1.80. The first-order valence-electron chi connectivity index (χ1n) is 9.65. The fourth-order valence-corrected chi connectivity index (χ4v) is 3.68. The lowest BCUT2D eigenvalue weighted by molar-refractivity contribution is 0.0642. The Morgan fingerprint density at radius 1 is 1.00 bits per heavy atom. The van der Waals surface area contributed by atoms with E-state index in [1.165, 1.54) is 11.0 Å². The third kappa shape index (κ3) is 4.71. The first kappa shape index (κ1) is 20.7. The van der Waals surface area contributed by atoms with E-state index in [1.807, 2.05) is 44.4 Å². The number of hydrogen-bond donors (Lipinski definition) is 1. The maximum Gasteiger partial charge on any atom is 0.261 e. The molecule has 0 unspecified atom stereocenters. The summed E-state index contributed by atoms with van der Waals surface area (Å²) in [4.78, 5) is 41.3. The molecule has 0 atom stereocenters. The van der Waals surface area contributed by atoms with Gasteiger partial charge in [0, 0.05) is 18.7 Å². The number of amides is 3. The van der Waals surface area contributed by atoms with Gasteiger partial charge in [-0.15, -0.1) is 0 Å². The minimum Gasteiger partial charge on any atom is -0.351 e. The van der Waals surface area contributed by atoms with Crippen LogP contribution >= 0.6 is 0 Å². The Balaban J connectivity index is 1.73. The molecule has 0 fully saturated rings. The average molecular weight is 393 g/mol. The number of carbonyl (C=O) groups excluding carboxylic acids is 3. The molecule has 2 aromatic carbocycles. The van der Waals surface area contributed by atoms with Crippen LogP contribution in [0.5, 0.6) is 0 Å². The molecular formula is C23H27N3O3. The average Bonchev–Trinajstić information content (AvgIpc) is 2.90. The van der Waals surface area contributed by atoms with Crippen molar-refractivity contribution in [1.29, 1.82) is 0 Å². The van der Waals surface area contributed by atoms with E-state index in [1.54, 1.807) is 12.1 Å². The molecule has 0 spiro atoms. The standard InChI is InChI=1S/C23H27N3O3/c1-23(2,15-25(3)4)14-24-20(27)17-10-11-18-19(12-17)22(29)26(21(18)28)13-16-8-6-5-7-9-16/h5-12H,13-15H2,1-4H3,(H,24,27). The fraction of sp³-hybridized carbons (Fsp3) is 0.348. The van der Waals surface area contributed by atoms with Crippen molar-refractivity contribution in [3.8, 4) is 0 Å². The quantitative estimate of drug-likeness (QED) is 0.735. The van der Waals surface area contributed by atoms with E-state index in [0.29, 0.717) is 17.7 Å². The summed E-state index contributed by atoms with van der Waals surface area (Å²) in [6.07, 6.45) is 0. The molecule has 6 heteroatoms. The van der Waals surface area contributed by atoms with Gasteiger partial charge in [0.1, 0.15) is 0 Å². The lowest BCUT2D eigenvalue weighted by Crippen LogP contribution is -2.40. The van der Waals surface area contributed by atoms with E-state index >= 15 is 0 Å². The van der Waals surface area contributed by atoms with E-state index < -0.39 is 0 Å². The number of fused-ring (bicyclic) bond motifs is 1. The molecule has 0 saturated carbocycles. The molecule has 29 heavy (non-hydrogen) atoms. The monoisotopic (exact) mass is 393 g/mol. The largest absolute Gasteiger partial charge is 0.351 e. The van der Waals surface area contributed by atoms with Gasteiger partial charge >= 0.3 is 0 Å². The molecule has 0 aromatic heterocycles. The lowest BCUT2D eigenvalue weighted by Gasteiger charge is -2.28. The summed E-state index contributed by atoms with van der Waals surface area (Å²) >= 11 is 0. The molecule has 6 nitrogen and oxygen atoms in total. The molecule has 0 aliphatic carbocycles. The van der Waals surface area contributed by atoms with Crippen molar-refractivity contribution in [3.05, 3.63) is 70.8 Å². The summed E-state index contributed by atoms with van der Waals surface area (Å²) < 4.78 is 0. The van der Waals surface area contributed by atoms with E-state index in [4.69, 9.17) is 0 Å². The van der Waals surface area contributed by atoms with E-state index in [2.05, 4.69) is 24.1 Å². The third-order valence-corrected chi connectivity index (χ3v) is 4.89. The first-order valence-corrected chi connectivity index (χ1v) is 9.65. The molecule has 1 aliphatic rings. The Morgan fingerprint density at radius 2 is 1.66 bits per heavy atom. The second-order valence-electron chi connectivity index (χ2n) is 8.53. The van der Waals surface area contributed by atoms with Crippen LogP contribution in [0.4, 0.5) is 0 Å². The number of benzene rings is 2. The maximum absolute atomic E-state index is 12.8. The van der Waals surface area contributed by atoms with Crippen LogP contribution < -0.4 is 5.32 Å². The predicted octanol–water partition coefficient (Wildman–Crippen LogP) is 2.80. The van der Waals surface area contributed by atoms with Gasteiger partial charge in [-0.2, -0.15) is 0 Å². The predicted molar refractivity (Wildman–Crippen MR) is 112 cm³/mol. The smallest absolute Gasteiger partial charge is 0.261 e. The van der Waals surface area contributed by atoms with Crippen molar-refractivity contribution in [2.24, 2.45) is 5.41 Å². The number of carbonyl (C=O) groups is 3. The Labute approximate surface area is 171 Å². The second-order valence-corrected chi connectivity index (χ2v) is 8.53. The topological polar surface area (TPSA) is 69.7 Å². The Kier molecular flexibility index (Phi) is 5.84. The van der Waals surface area contributed by atoms with Crippen molar-refractivity contribution < 1.29 is 14.4 Å². The van der Waals surface area contributed by atoms with Crippen molar-refractivity contribution >= 4 is 17.7 Å². The van der Waals surface area contributed by atoms with Crippen LogP contribution in [-0.2, 0) is 6.54 Å². The molecule has 1 N–H and O–H groups in total. The Hall–Kier alpha value is -2.99. The minimum atomic E-state index is -0.364. The number of nitrogens with one attached hydrogen (secondary N) is 1. The van der Waals surface area contributed by atoms with Gasteiger partial charge in [0.25, 0.3) is 17.7 Å². The number of rotatable bonds is 7. The van der Waals surface area contributed by atoms with E-state index in [-0.39, 0.29) is 35.2 Å². The highest BCUT2D eigenvalue weighted by molar-refractivity contribution is 6.22. The van der Waals surface area contributed by atoms with Crippen LogP contribution in [0.2, 0.25) is 0 Å². The summed E-state index contributed by atoms with van der Waals surface area (Å²) in [5, 5.41) is 2.94. The molecule has 2 aromatic rings. The van der Waals surface area contributed by atoms with Gasteiger partial charge in [0.05, 0.1) is 17.7 Å². The van der Waals surface area contributed by atoms with Crippen molar-refractivity contribution in [2.45, 2.75) is 20.4 Å². The molecule has 3 amide bonds. The van der Waals surface area contributed by atoms with E-state index in [9.17, 15) is 14.4 Å². The van der Waals surface area contributed by atoms with E-state index in [0.717, 1.165) is 12.1 Å². The Morgan fingerprint density at radius 3 is 2.31 bits per heavy atom. The molecule has 0 radical (unpaired) electrons. The van der Waals surface area contributed by atoms with Crippen molar-refractivity contribution in [2.75, 3.05) is 27.2 Å². The summed E-state index contributed by atoms with van der Waals surface area (Å²) in [6.45, 7) is 5.72. The number of nitrogens with zero attached hydrogens (tertiary/aromatic N) is 2. The van der Waals surface area contributed by atoms with Crippen LogP contribution in [0, 0.1) is 5.41 Å². The fourth-order valence-electron chi connectivity index (χ4n) is 3.68. The van der Waals surface area contributed by atoms with Gasteiger partial charge < -0.3 is 10.2 Å². The zero-order valence-corrected chi connectivity index (χ0v) is 17.4. The molecule has 0 saturated heterocycles. The molecule has 3 rings (SSSR count). The molecular weight excluding hydrogens is 366 g/mol. The van der Waals surface area contributed by atoms with Crippen LogP contribution in [0.1, 0.15) is 50.5 Å². The second kappa shape index (κ2) is 8.17. The minimum absolute atomic E-state index is 0.0891. The van der Waals surface area contributed by atoms with Gasteiger partial charge in [0.2, 0.25) is 0 Å². The SMILES string of the molecule is CN(C)CC(C)(C)CNC(=O)c1ccc2c(c1)C(=O)N(Cc1ccccc1)C2=O. The lowest BCUT2D eigenvalue weighted by atomic mass is 9.93. The molecule has 152 valence electrons. The Bertz CT molecular complexity index is 936. The highest BCUT2D eigenvalue weighted by Gasteiger charge is 2.36. The van der Waals surface area contributed by atoms with Gasteiger partial charge in [-0.05, 0) is 43.3 Å². The van der Waals surface area contributed by atoms with Gasteiger partial charge in [-0.1, -0.05) is 44.2 Å². The maximum atomic E-state index is 12.8. The number of hydrogen-bond acceptors (Lipinski definition) is 4. The molecule has 1 aliphatic heterocycles. The zero-order chi connectivity index (χ0) is 21.2. The van der Waals surface area contributed by atoms with Crippen LogP contribution in [0.25, 0.3) is 0 Å².